The molecule has 0 bridgehead atoms. The highest BCUT2D eigenvalue weighted by molar-refractivity contribution is 5.83. The van der Waals surface area contributed by atoms with Gasteiger partial charge in [0.2, 0.25) is 0 Å². The van der Waals surface area contributed by atoms with Crippen LogP contribution in [0, 0.1) is 5.92 Å². The van der Waals surface area contributed by atoms with Gasteiger partial charge in [-0.05, 0) is 53.7 Å². The van der Waals surface area contributed by atoms with E-state index < -0.39 is 0 Å². The fourth-order valence-corrected chi connectivity index (χ4v) is 3.59. The Morgan fingerprint density at radius 2 is 1.96 bits per heavy atom. The van der Waals surface area contributed by atoms with Gasteiger partial charge in [0, 0.05) is 0 Å². The maximum atomic E-state index is 9.54. The van der Waals surface area contributed by atoms with Crippen LogP contribution in [0.3, 0.4) is 0 Å². The number of hydrogen-bond acceptors (Lipinski definition) is 2. The quantitative estimate of drug-likeness (QED) is 0.717. The molecule has 0 atom stereocenters. The second-order valence-electron chi connectivity index (χ2n) is 6.57. The fraction of sp³-hybridized carbons (Fsp3) is 0.286. The summed E-state index contributed by atoms with van der Waals surface area (Å²) in [6.07, 6.45) is 9.73. The Hall–Kier alpha value is -2.39. The van der Waals surface area contributed by atoms with Crippen LogP contribution in [0.1, 0.15) is 37.1 Å². The Balaban J connectivity index is 1.66. The number of imidazole rings is 1. The number of allylic oxidation sites excluding steroid dienone is 1. The summed E-state index contributed by atoms with van der Waals surface area (Å²) >= 11 is 0. The minimum Gasteiger partial charge on any atom is -0.392 e. The standard InChI is InChI=1S/C21H22N2O/c24-14-17-7-3-4-8-18(17)16-10-11-19-20(13-16)23-21(22-19)12-9-15-5-1-2-6-15/h3-4,7-13,15,24H,1-2,5-6,14H2,(H,22,23)/b12-9+. The number of nitrogens with one attached hydrogen (secondary N) is 1. The summed E-state index contributed by atoms with van der Waals surface area (Å²) in [5.41, 5.74) is 5.10. The first-order chi connectivity index (χ1) is 11.8. The van der Waals surface area contributed by atoms with Gasteiger partial charge < -0.3 is 10.1 Å². The van der Waals surface area contributed by atoms with Crippen molar-refractivity contribution in [3.8, 4) is 11.1 Å². The smallest absolute Gasteiger partial charge is 0.130 e. The van der Waals surface area contributed by atoms with Crippen molar-refractivity contribution in [1.82, 2.24) is 9.97 Å². The van der Waals surface area contributed by atoms with Crippen molar-refractivity contribution >= 4 is 17.1 Å². The lowest BCUT2D eigenvalue weighted by Crippen LogP contribution is -1.88. The van der Waals surface area contributed by atoms with Gasteiger partial charge in [-0.3, -0.25) is 0 Å². The van der Waals surface area contributed by atoms with Crippen molar-refractivity contribution in [2.24, 2.45) is 5.92 Å². The zero-order valence-electron chi connectivity index (χ0n) is 13.7. The predicted octanol–water partition coefficient (Wildman–Crippen LogP) is 4.93. The zero-order chi connectivity index (χ0) is 16.4. The molecule has 2 aromatic carbocycles. The van der Waals surface area contributed by atoms with Gasteiger partial charge in [-0.25, -0.2) is 4.98 Å². The van der Waals surface area contributed by atoms with Gasteiger partial charge >= 0.3 is 0 Å². The minimum atomic E-state index is 0.0458. The number of hydrogen-bond donors (Lipinski definition) is 2. The first kappa shape index (κ1) is 15.2. The Morgan fingerprint density at radius 3 is 2.79 bits per heavy atom. The number of aromatic nitrogens is 2. The molecule has 0 saturated heterocycles. The highest BCUT2D eigenvalue weighted by Gasteiger charge is 2.12. The van der Waals surface area contributed by atoms with Gasteiger partial charge in [-0.15, -0.1) is 0 Å². The lowest BCUT2D eigenvalue weighted by molar-refractivity contribution is 0.282. The average molecular weight is 318 g/mol. The molecule has 24 heavy (non-hydrogen) atoms. The van der Waals surface area contributed by atoms with E-state index in [1.165, 1.54) is 25.7 Å². The maximum Gasteiger partial charge on any atom is 0.130 e. The maximum absolute atomic E-state index is 9.54. The second-order valence-corrected chi connectivity index (χ2v) is 6.57. The van der Waals surface area contributed by atoms with Gasteiger partial charge in [-0.2, -0.15) is 0 Å². The van der Waals surface area contributed by atoms with Crippen molar-refractivity contribution in [2.45, 2.75) is 32.3 Å². The number of H-pyrrole nitrogens is 1. The van der Waals surface area contributed by atoms with E-state index in [0.717, 1.165) is 33.5 Å². The number of fused-ring (bicyclic) bond motifs is 1. The topological polar surface area (TPSA) is 48.9 Å². The molecule has 3 heteroatoms. The molecule has 122 valence electrons. The third kappa shape index (κ3) is 3.00. The molecule has 0 radical (unpaired) electrons. The number of benzene rings is 2. The molecular weight excluding hydrogens is 296 g/mol. The van der Waals surface area contributed by atoms with Gasteiger partial charge in [0.1, 0.15) is 5.82 Å². The van der Waals surface area contributed by atoms with Crippen LogP contribution in [-0.2, 0) is 6.61 Å². The number of aromatic amines is 1. The third-order valence-corrected chi connectivity index (χ3v) is 4.93. The van der Waals surface area contributed by atoms with E-state index in [9.17, 15) is 5.11 Å². The summed E-state index contributed by atoms with van der Waals surface area (Å²) in [5.74, 6) is 1.63. The van der Waals surface area contributed by atoms with Crippen molar-refractivity contribution < 1.29 is 5.11 Å². The third-order valence-electron chi connectivity index (χ3n) is 4.93. The largest absolute Gasteiger partial charge is 0.392 e. The fourth-order valence-electron chi connectivity index (χ4n) is 3.59. The summed E-state index contributed by atoms with van der Waals surface area (Å²) in [5, 5.41) is 9.54. The lowest BCUT2D eigenvalue weighted by Gasteiger charge is -2.07. The molecular formula is C21H22N2O. The monoisotopic (exact) mass is 318 g/mol. The summed E-state index contributed by atoms with van der Waals surface area (Å²) < 4.78 is 0. The molecule has 0 spiro atoms. The van der Waals surface area contributed by atoms with Crippen LogP contribution in [0.4, 0.5) is 0 Å². The molecule has 1 aromatic heterocycles. The van der Waals surface area contributed by atoms with E-state index in [0.29, 0.717) is 5.92 Å². The number of aliphatic hydroxyl groups excluding tert-OH is 1. The van der Waals surface area contributed by atoms with Crippen molar-refractivity contribution in [1.29, 1.82) is 0 Å². The molecule has 4 rings (SSSR count). The minimum absolute atomic E-state index is 0.0458. The highest BCUT2D eigenvalue weighted by Crippen LogP contribution is 2.28. The second kappa shape index (κ2) is 6.62. The van der Waals surface area contributed by atoms with Gasteiger partial charge in [0.15, 0.2) is 0 Å². The Kier molecular flexibility index (Phi) is 4.18. The summed E-state index contributed by atoms with van der Waals surface area (Å²) in [7, 11) is 0. The van der Waals surface area contributed by atoms with Crippen LogP contribution >= 0.6 is 0 Å². The lowest BCUT2D eigenvalue weighted by atomic mass is 10.00. The number of nitrogens with zero attached hydrogens (tertiary/aromatic N) is 1. The van der Waals surface area contributed by atoms with Crippen LogP contribution in [-0.4, -0.2) is 15.1 Å². The summed E-state index contributed by atoms with van der Waals surface area (Å²) in [6, 6.07) is 14.2. The van der Waals surface area contributed by atoms with Crippen molar-refractivity contribution in [3.63, 3.8) is 0 Å². The van der Waals surface area contributed by atoms with E-state index in [2.05, 4.69) is 35.3 Å². The average Bonchev–Trinajstić information content (AvgIpc) is 3.28. The van der Waals surface area contributed by atoms with Crippen LogP contribution in [0.2, 0.25) is 0 Å². The van der Waals surface area contributed by atoms with Crippen LogP contribution in [0.5, 0.6) is 0 Å². The Labute approximate surface area is 142 Å². The first-order valence-electron chi connectivity index (χ1n) is 8.70. The van der Waals surface area contributed by atoms with E-state index in [-0.39, 0.29) is 6.61 Å². The van der Waals surface area contributed by atoms with E-state index >= 15 is 0 Å². The van der Waals surface area contributed by atoms with Crippen molar-refractivity contribution in [2.75, 3.05) is 0 Å². The van der Waals surface area contributed by atoms with Gasteiger partial charge in [0.05, 0.1) is 17.6 Å². The highest BCUT2D eigenvalue weighted by atomic mass is 16.3. The molecule has 1 heterocycles. The van der Waals surface area contributed by atoms with Crippen molar-refractivity contribution in [3.05, 3.63) is 59.9 Å². The van der Waals surface area contributed by atoms with Crippen LogP contribution in [0.15, 0.2) is 48.5 Å². The molecule has 0 amide bonds. The summed E-state index contributed by atoms with van der Waals surface area (Å²) in [6.45, 7) is 0.0458. The molecule has 1 aliphatic carbocycles. The van der Waals surface area contributed by atoms with E-state index in [1.807, 2.05) is 24.3 Å². The first-order valence-corrected chi connectivity index (χ1v) is 8.70. The van der Waals surface area contributed by atoms with E-state index in [4.69, 9.17) is 4.98 Å². The van der Waals surface area contributed by atoms with Gasteiger partial charge in [0.25, 0.3) is 0 Å². The molecule has 0 aliphatic heterocycles. The van der Waals surface area contributed by atoms with Gasteiger partial charge in [-0.1, -0.05) is 49.2 Å². The molecule has 0 unspecified atom stereocenters. The predicted molar refractivity (Wildman–Crippen MR) is 98.4 cm³/mol. The van der Waals surface area contributed by atoms with Crippen LogP contribution < -0.4 is 0 Å². The van der Waals surface area contributed by atoms with E-state index in [1.54, 1.807) is 0 Å². The Morgan fingerprint density at radius 1 is 1.12 bits per heavy atom. The number of rotatable bonds is 4. The molecule has 3 nitrogen and oxygen atoms in total. The zero-order valence-corrected chi connectivity index (χ0v) is 13.7. The Bertz CT molecular complexity index is 872. The van der Waals surface area contributed by atoms with Crippen LogP contribution in [0.25, 0.3) is 28.2 Å². The molecule has 1 aliphatic rings. The molecule has 3 aromatic rings. The molecule has 2 N–H and O–H groups in total. The molecule has 1 fully saturated rings. The summed E-state index contributed by atoms with van der Waals surface area (Å²) in [4.78, 5) is 8.09. The molecule has 1 saturated carbocycles. The number of aliphatic hydroxyl groups is 1. The normalized spacial score (nSPS) is 15.7. The SMILES string of the molecule is OCc1ccccc1-c1ccc2[nH]c(/C=C/C3CCCC3)nc2c1.